The number of alkyl halides is 3. The molecule has 0 radical (unpaired) electrons. The van der Waals surface area contributed by atoms with Crippen LogP contribution in [0.15, 0.2) is 48.5 Å². The van der Waals surface area contributed by atoms with Crippen LogP contribution in [0, 0.1) is 0 Å². The van der Waals surface area contributed by atoms with Gasteiger partial charge in [-0.05, 0) is 35.2 Å². The van der Waals surface area contributed by atoms with E-state index >= 15 is 0 Å². The number of rotatable bonds is 3. The lowest BCUT2D eigenvalue weighted by Crippen LogP contribution is -2.03. The van der Waals surface area contributed by atoms with Crippen molar-refractivity contribution in [3.63, 3.8) is 0 Å². The molecule has 1 N–H and O–H groups in total. The summed E-state index contributed by atoms with van der Waals surface area (Å²) in [6.45, 7) is 1.88. The van der Waals surface area contributed by atoms with Gasteiger partial charge in [0.25, 0.3) is 0 Å². The molecule has 0 amide bonds. The molecule has 0 saturated carbocycles. The minimum Gasteiger partial charge on any atom is -0.388 e. The summed E-state index contributed by atoms with van der Waals surface area (Å²) in [4.78, 5) is 0. The van der Waals surface area contributed by atoms with Gasteiger partial charge in [0.2, 0.25) is 0 Å². The van der Waals surface area contributed by atoms with E-state index in [1.165, 1.54) is 12.1 Å². The number of aliphatic hydroxyl groups is 1. The third-order valence-corrected chi connectivity index (χ3v) is 3.23. The second-order valence-corrected chi connectivity index (χ2v) is 4.62. The van der Waals surface area contributed by atoms with E-state index in [1.54, 1.807) is 24.3 Å². The monoisotopic (exact) mass is 280 g/mol. The Bertz CT molecular complexity index is 556. The molecule has 1 nitrogen and oxygen atoms in total. The van der Waals surface area contributed by atoms with Crippen molar-refractivity contribution < 1.29 is 18.3 Å². The van der Waals surface area contributed by atoms with Crippen molar-refractivity contribution in [2.45, 2.75) is 25.6 Å². The van der Waals surface area contributed by atoms with Gasteiger partial charge in [-0.25, -0.2) is 0 Å². The van der Waals surface area contributed by atoms with Crippen molar-refractivity contribution in [2.24, 2.45) is 0 Å². The zero-order valence-electron chi connectivity index (χ0n) is 11.0. The quantitative estimate of drug-likeness (QED) is 0.855. The fourth-order valence-corrected chi connectivity index (χ4v) is 1.99. The maximum absolute atomic E-state index is 12.5. The van der Waals surface area contributed by atoms with Crippen LogP contribution in [0.1, 0.15) is 30.6 Å². The Labute approximate surface area is 115 Å². The van der Waals surface area contributed by atoms with Crippen LogP contribution >= 0.6 is 0 Å². The molecule has 106 valence electrons. The van der Waals surface area contributed by atoms with Gasteiger partial charge in [0, 0.05) is 0 Å². The van der Waals surface area contributed by atoms with Gasteiger partial charge in [-0.3, -0.25) is 0 Å². The molecule has 0 spiro atoms. The van der Waals surface area contributed by atoms with Crippen molar-refractivity contribution in [3.8, 4) is 11.1 Å². The Morgan fingerprint density at radius 2 is 1.35 bits per heavy atom. The lowest BCUT2D eigenvalue weighted by Gasteiger charge is -2.10. The molecule has 20 heavy (non-hydrogen) atoms. The van der Waals surface area contributed by atoms with Crippen LogP contribution in [-0.4, -0.2) is 5.11 Å². The molecule has 0 heterocycles. The highest BCUT2D eigenvalue weighted by atomic mass is 19.4. The van der Waals surface area contributed by atoms with Crippen molar-refractivity contribution in [3.05, 3.63) is 59.7 Å². The van der Waals surface area contributed by atoms with E-state index < -0.39 is 17.8 Å². The summed E-state index contributed by atoms with van der Waals surface area (Å²) in [5.41, 5.74) is 1.70. The van der Waals surface area contributed by atoms with E-state index in [4.69, 9.17) is 0 Å². The summed E-state index contributed by atoms with van der Waals surface area (Å²) in [6, 6.07) is 12.2. The van der Waals surface area contributed by atoms with Crippen LogP contribution in [0.5, 0.6) is 0 Å². The Morgan fingerprint density at radius 3 is 1.75 bits per heavy atom. The second-order valence-electron chi connectivity index (χ2n) is 4.62. The molecular weight excluding hydrogens is 265 g/mol. The third-order valence-electron chi connectivity index (χ3n) is 3.23. The van der Waals surface area contributed by atoms with E-state index in [-0.39, 0.29) is 0 Å². The van der Waals surface area contributed by atoms with Crippen LogP contribution in [-0.2, 0) is 6.18 Å². The molecule has 1 atom stereocenters. The maximum atomic E-state index is 12.5. The average Bonchev–Trinajstić information content (AvgIpc) is 2.46. The molecule has 0 aliphatic rings. The van der Waals surface area contributed by atoms with Gasteiger partial charge in [-0.1, -0.05) is 43.3 Å². The number of hydrogen-bond donors (Lipinski definition) is 1. The molecule has 2 aromatic carbocycles. The first-order valence-electron chi connectivity index (χ1n) is 6.37. The van der Waals surface area contributed by atoms with Crippen LogP contribution in [0.3, 0.4) is 0 Å². The van der Waals surface area contributed by atoms with Gasteiger partial charge in [0.1, 0.15) is 0 Å². The summed E-state index contributed by atoms with van der Waals surface area (Å²) in [6.07, 6.45) is -4.19. The fraction of sp³-hybridized carbons (Fsp3) is 0.250. The van der Waals surface area contributed by atoms with Crippen molar-refractivity contribution >= 4 is 0 Å². The lowest BCUT2D eigenvalue weighted by atomic mass is 10.00. The molecule has 2 rings (SSSR count). The standard InChI is InChI=1S/C16H15F3O/c1-2-15(20)13-5-3-11(4-6-13)12-7-9-14(10-8-12)16(17,18)19/h3-10,15,20H,2H2,1H3/t15-/m1/s1. The smallest absolute Gasteiger partial charge is 0.388 e. The first kappa shape index (κ1) is 14.6. The molecule has 4 heteroatoms. The van der Waals surface area contributed by atoms with E-state index in [2.05, 4.69) is 0 Å². The zero-order valence-corrected chi connectivity index (χ0v) is 11.0. The number of halogens is 3. The summed E-state index contributed by atoms with van der Waals surface area (Å²) < 4.78 is 37.4. The van der Waals surface area contributed by atoms with Gasteiger partial charge in [-0.15, -0.1) is 0 Å². The Hall–Kier alpha value is -1.81. The number of benzene rings is 2. The lowest BCUT2D eigenvalue weighted by molar-refractivity contribution is -0.137. The van der Waals surface area contributed by atoms with Crippen LogP contribution in [0.2, 0.25) is 0 Å². The summed E-state index contributed by atoms with van der Waals surface area (Å²) >= 11 is 0. The van der Waals surface area contributed by atoms with Crippen molar-refractivity contribution in [2.75, 3.05) is 0 Å². The topological polar surface area (TPSA) is 20.2 Å². The Morgan fingerprint density at radius 1 is 0.900 bits per heavy atom. The maximum Gasteiger partial charge on any atom is 0.416 e. The van der Waals surface area contributed by atoms with Gasteiger partial charge >= 0.3 is 6.18 Å². The largest absolute Gasteiger partial charge is 0.416 e. The normalized spacial score (nSPS) is 13.2. The molecule has 0 saturated heterocycles. The molecule has 0 aliphatic heterocycles. The molecule has 2 aromatic rings. The van der Waals surface area contributed by atoms with E-state index in [1.807, 2.05) is 6.92 Å². The predicted molar refractivity (Wildman–Crippen MR) is 72.1 cm³/mol. The molecule has 0 bridgehead atoms. The first-order valence-corrected chi connectivity index (χ1v) is 6.37. The predicted octanol–water partition coefficient (Wildman–Crippen LogP) is 4.82. The highest BCUT2D eigenvalue weighted by Gasteiger charge is 2.29. The van der Waals surface area contributed by atoms with E-state index in [0.717, 1.165) is 28.8 Å². The minimum atomic E-state index is -4.31. The van der Waals surface area contributed by atoms with Crippen LogP contribution < -0.4 is 0 Å². The Balaban J connectivity index is 2.24. The van der Waals surface area contributed by atoms with Crippen LogP contribution in [0.25, 0.3) is 11.1 Å². The summed E-state index contributed by atoms with van der Waals surface area (Å²) in [5.74, 6) is 0. The van der Waals surface area contributed by atoms with Crippen LogP contribution in [0.4, 0.5) is 13.2 Å². The van der Waals surface area contributed by atoms with Crippen molar-refractivity contribution in [1.82, 2.24) is 0 Å². The van der Waals surface area contributed by atoms with Gasteiger partial charge in [0.15, 0.2) is 0 Å². The highest BCUT2D eigenvalue weighted by Crippen LogP contribution is 2.31. The second kappa shape index (κ2) is 5.67. The van der Waals surface area contributed by atoms with Gasteiger partial charge < -0.3 is 5.11 Å². The molecule has 0 aromatic heterocycles. The van der Waals surface area contributed by atoms with Crippen molar-refractivity contribution in [1.29, 1.82) is 0 Å². The van der Waals surface area contributed by atoms with Gasteiger partial charge in [0.05, 0.1) is 11.7 Å². The zero-order chi connectivity index (χ0) is 14.8. The molecular formula is C16H15F3O. The highest BCUT2D eigenvalue weighted by molar-refractivity contribution is 5.64. The first-order chi connectivity index (χ1) is 9.41. The van der Waals surface area contributed by atoms with Gasteiger partial charge in [-0.2, -0.15) is 13.2 Å². The fourth-order valence-electron chi connectivity index (χ4n) is 1.99. The molecule has 0 aliphatic carbocycles. The number of aliphatic hydroxyl groups excluding tert-OH is 1. The molecule has 0 fully saturated rings. The van der Waals surface area contributed by atoms with E-state index in [9.17, 15) is 18.3 Å². The minimum absolute atomic E-state index is 0.503. The Kier molecular flexibility index (Phi) is 4.14. The SMILES string of the molecule is CC[C@@H](O)c1ccc(-c2ccc(C(F)(F)F)cc2)cc1. The summed E-state index contributed by atoms with van der Waals surface area (Å²) in [5, 5.41) is 9.69. The van der Waals surface area contributed by atoms with E-state index in [0.29, 0.717) is 6.42 Å². The average molecular weight is 280 g/mol. The summed E-state index contributed by atoms with van der Waals surface area (Å²) in [7, 11) is 0. The third kappa shape index (κ3) is 3.20. The molecule has 0 unspecified atom stereocenters. The number of hydrogen-bond acceptors (Lipinski definition) is 1.